The van der Waals surface area contributed by atoms with Gasteiger partial charge < -0.3 is 9.30 Å². The SMILES string of the molecule is C/C(=N/NC(=O)COc1ccc(C(C)(C)C)cc1)c1ccc(-n2ccnc2)cc1. The number of carbonyl (C=O) groups excluding carboxylic acids is 1. The number of imidazole rings is 1. The largest absolute Gasteiger partial charge is 0.484 e. The van der Waals surface area contributed by atoms with Crippen LogP contribution in [0.5, 0.6) is 5.75 Å². The highest BCUT2D eigenvalue weighted by Crippen LogP contribution is 2.24. The molecule has 0 saturated heterocycles. The van der Waals surface area contributed by atoms with Crippen molar-refractivity contribution in [2.24, 2.45) is 5.10 Å². The van der Waals surface area contributed by atoms with Crippen molar-refractivity contribution in [2.75, 3.05) is 6.61 Å². The zero-order valence-electron chi connectivity index (χ0n) is 17.2. The summed E-state index contributed by atoms with van der Waals surface area (Å²) >= 11 is 0. The van der Waals surface area contributed by atoms with Gasteiger partial charge in [-0.15, -0.1) is 0 Å². The summed E-state index contributed by atoms with van der Waals surface area (Å²) in [6.07, 6.45) is 5.36. The van der Waals surface area contributed by atoms with E-state index in [9.17, 15) is 4.79 Å². The smallest absolute Gasteiger partial charge is 0.277 e. The van der Waals surface area contributed by atoms with Crippen molar-refractivity contribution in [2.45, 2.75) is 33.1 Å². The Morgan fingerprint density at radius 2 is 1.79 bits per heavy atom. The second-order valence-electron chi connectivity index (χ2n) is 7.81. The minimum atomic E-state index is -0.306. The summed E-state index contributed by atoms with van der Waals surface area (Å²) in [5.41, 5.74) is 6.48. The van der Waals surface area contributed by atoms with Gasteiger partial charge in [0.2, 0.25) is 0 Å². The normalized spacial score (nSPS) is 11.9. The monoisotopic (exact) mass is 390 g/mol. The Balaban J connectivity index is 1.52. The minimum Gasteiger partial charge on any atom is -0.484 e. The number of hydrogen-bond donors (Lipinski definition) is 1. The van der Waals surface area contributed by atoms with E-state index in [1.807, 2.05) is 66.2 Å². The lowest BCUT2D eigenvalue weighted by Crippen LogP contribution is -2.25. The molecule has 0 aliphatic rings. The Labute approximate surface area is 171 Å². The number of amides is 1. The Morgan fingerprint density at radius 3 is 2.38 bits per heavy atom. The Bertz CT molecular complexity index is 967. The van der Waals surface area contributed by atoms with Gasteiger partial charge in [-0.25, -0.2) is 10.4 Å². The van der Waals surface area contributed by atoms with Crippen molar-refractivity contribution in [3.8, 4) is 11.4 Å². The number of hydrazone groups is 1. The summed E-state index contributed by atoms with van der Waals surface area (Å²) in [5, 5.41) is 4.16. The molecule has 0 aliphatic carbocycles. The van der Waals surface area contributed by atoms with Crippen molar-refractivity contribution in [1.82, 2.24) is 15.0 Å². The summed E-state index contributed by atoms with van der Waals surface area (Å²) in [6.45, 7) is 8.22. The lowest BCUT2D eigenvalue weighted by atomic mass is 9.87. The number of ether oxygens (including phenoxy) is 1. The Kier molecular flexibility index (Phi) is 6.12. The quantitative estimate of drug-likeness (QED) is 0.509. The topological polar surface area (TPSA) is 68.5 Å². The summed E-state index contributed by atoms with van der Waals surface area (Å²) in [6, 6.07) is 15.6. The van der Waals surface area contributed by atoms with Gasteiger partial charge in [-0.05, 0) is 47.7 Å². The lowest BCUT2D eigenvalue weighted by Gasteiger charge is -2.19. The van der Waals surface area contributed by atoms with Crippen LogP contribution in [0.2, 0.25) is 0 Å². The second-order valence-corrected chi connectivity index (χ2v) is 7.81. The van der Waals surface area contributed by atoms with Crippen molar-refractivity contribution < 1.29 is 9.53 Å². The van der Waals surface area contributed by atoms with Crippen LogP contribution in [0.1, 0.15) is 38.8 Å². The van der Waals surface area contributed by atoms with Gasteiger partial charge in [-0.1, -0.05) is 45.0 Å². The highest BCUT2D eigenvalue weighted by atomic mass is 16.5. The number of nitrogens with zero attached hydrogens (tertiary/aromatic N) is 3. The highest BCUT2D eigenvalue weighted by molar-refractivity contribution is 5.99. The van der Waals surface area contributed by atoms with Gasteiger partial charge in [-0.3, -0.25) is 4.79 Å². The van der Waals surface area contributed by atoms with E-state index in [-0.39, 0.29) is 17.9 Å². The van der Waals surface area contributed by atoms with Gasteiger partial charge in [-0.2, -0.15) is 5.10 Å². The van der Waals surface area contributed by atoms with Crippen LogP contribution >= 0.6 is 0 Å². The van der Waals surface area contributed by atoms with Crippen molar-refractivity contribution in [3.63, 3.8) is 0 Å². The zero-order chi connectivity index (χ0) is 20.9. The molecule has 3 rings (SSSR count). The molecule has 1 aromatic heterocycles. The molecule has 2 aromatic carbocycles. The predicted molar refractivity (Wildman–Crippen MR) is 115 cm³/mol. The van der Waals surface area contributed by atoms with Crippen LogP contribution in [0.15, 0.2) is 72.4 Å². The average Bonchev–Trinajstić information content (AvgIpc) is 3.25. The Hall–Kier alpha value is -3.41. The van der Waals surface area contributed by atoms with Crippen LogP contribution in [-0.2, 0) is 10.2 Å². The maximum atomic E-state index is 12.0. The van der Waals surface area contributed by atoms with Gasteiger partial charge in [0.15, 0.2) is 6.61 Å². The van der Waals surface area contributed by atoms with Gasteiger partial charge in [0, 0.05) is 18.1 Å². The second kappa shape index (κ2) is 8.73. The molecule has 6 nitrogen and oxygen atoms in total. The first kappa shape index (κ1) is 20.3. The first-order valence-corrected chi connectivity index (χ1v) is 9.48. The molecular formula is C23H26N4O2. The molecular weight excluding hydrogens is 364 g/mol. The van der Waals surface area contributed by atoms with Gasteiger partial charge in [0.25, 0.3) is 5.91 Å². The average molecular weight is 390 g/mol. The van der Waals surface area contributed by atoms with Crippen LogP contribution in [0, 0.1) is 0 Å². The number of aromatic nitrogens is 2. The number of nitrogens with one attached hydrogen (secondary N) is 1. The molecule has 0 saturated carbocycles. The van der Waals surface area contributed by atoms with E-state index in [1.54, 1.807) is 12.5 Å². The zero-order valence-corrected chi connectivity index (χ0v) is 17.2. The first-order chi connectivity index (χ1) is 13.8. The van der Waals surface area contributed by atoms with E-state index >= 15 is 0 Å². The molecule has 29 heavy (non-hydrogen) atoms. The van der Waals surface area contributed by atoms with Crippen LogP contribution < -0.4 is 10.2 Å². The fourth-order valence-electron chi connectivity index (χ4n) is 2.73. The van der Waals surface area contributed by atoms with Crippen LogP contribution in [0.3, 0.4) is 0 Å². The molecule has 0 aliphatic heterocycles. The highest BCUT2D eigenvalue weighted by Gasteiger charge is 2.13. The molecule has 3 aromatic rings. The van der Waals surface area contributed by atoms with E-state index in [4.69, 9.17) is 4.74 Å². The van der Waals surface area contributed by atoms with E-state index in [0.717, 1.165) is 11.3 Å². The number of hydrogen-bond acceptors (Lipinski definition) is 4. The standard InChI is InChI=1S/C23H26N4O2/c1-17(18-5-9-20(10-6-18)27-14-13-24-16-27)25-26-22(28)15-29-21-11-7-19(8-12-21)23(2,3)4/h5-14,16H,15H2,1-4H3,(H,26,28)/b25-17-. The number of carbonyl (C=O) groups is 1. The molecule has 0 fully saturated rings. The van der Waals surface area contributed by atoms with E-state index in [2.05, 4.69) is 36.3 Å². The fourth-order valence-corrected chi connectivity index (χ4v) is 2.73. The van der Waals surface area contributed by atoms with E-state index in [1.165, 1.54) is 5.56 Å². The summed E-state index contributed by atoms with van der Waals surface area (Å²) < 4.78 is 7.46. The molecule has 0 spiro atoms. The van der Waals surface area contributed by atoms with Crippen LogP contribution in [0.4, 0.5) is 0 Å². The summed E-state index contributed by atoms with van der Waals surface area (Å²) in [5.74, 6) is 0.350. The fraction of sp³-hybridized carbons (Fsp3) is 0.261. The van der Waals surface area contributed by atoms with Crippen molar-refractivity contribution in [1.29, 1.82) is 0 Å². The molecule has 6 heteroatoms. The van der Waals surface area contributed by atoms with Gasteiger partial charge >= 0.3 is 0 Å². The van der Waals surface area contributed by atoms with Crippen molar-refractivity contribution in [3.05, 3.63) is 78.4 Å². The maximum Gasteiger partial charge on any atom is 0.277 e. The van der Waals surface area contributed by atoms with Gasteiger partial charge in [0.1, 0.15) is 5.75 Å². The van der Waals surface area contributed by atoms with E-state index < -0.39 is 0 Å². The molecule has 1 amide bonds. The molecule has 0 radical (unpaired) electrons. The molecule has 0 bridgehead atoms. The predicted octanol–water partition coefficient (Wildman–Crippen LogP) is 4.09. The molecule has 0 atom stereocenters. The third kappa shape index (κ3) is 5.54. The van der Waals surface area contributed by atoms with Gasteiger partial charge in [0.05, 0.1) is 12.0 Å². The molecule has 0 unspecified atom stereocenters. The summed E-state index contributed by atoms with van der Waals surface area (Å²) in [4.78, 5) is 16.1. The minimum absolute atomic E-state index is 0.0825. The number of rotatable bonds is 6. The lowest BCUT2D eigenvalue weighted by molar-refractivity contribution is -0.123. The van der Waals surface area contributed by atoms with Crippen molar-refractivity contribution >= 4 is 11.6 Å². The molecule has 1 N–H and O–H groups in total. The Morgan fingerprint density at radius 1 is 1.10 bits per heavy atom. The third-order valence-corrected chi connectivity index (χ3v) is 4.53. The maximum absolute atomic E-state index is 12.0. The third-order valence-electron chi connectivity index (χ3n) is 4.53. The molecule has 150 valence electrons. The number of benzene rings is 2. The summed E-state index contributed by atoms with van der Waals surface area (Å²) in [7, 11) is 0. The van der Waals surface area contributed by atoms with E-state index in [0.29, 0.717) is 11.5 Å². The van der Waals surface area contributed by atoms with Crippen LogP contribution in [0.25, 0.3) is 5.69 Å². The van der Waals surface area contributed by atoms with Crippen LogP contribution in [-0.4, -0.2) is 27.8 Å². The molecule has 1 heterocycles. The first-order valence-electron chi connectivity index (χ1n) is 9.48.